The van der Waals surface area contributed by atoms with Gasteiger partial charge < -0.3 is 14.8 Å². The van der Waals surface area contributed by atoms with Crippen molar-refractivity contribution < 1.29 is 9.47 Å². The summed E-state index contributed by atoms with van der Waals surface area (Å²) in [4.78, 5) is 4.18. The molecule has 1 unspecified atom stereocenters. The van der Waals surface area contributed by atoms with Crippen molar-refractivity contribution in [2.75, 3.05) is 26.9 Å². The van der Waals surface area contributed by atoms with Gasteiger partial charge in [0.2, 0.25) is 5.88 Å². The van der Waals surface area contributed by atoms with E-state index < -0.39 is 0 Å². The fraction of sp³-hybridized carbons (Fsp3) is 0.615. The molecule has 94 valence electrons. The van der Waals surface area contributed by atoms with E-state index in [9.17, 15) is 0 Å². The van der Waals surface area contributed by atoms with Gasteiger partial charge in [0.25, 0.3) is 0 Å². The summed E-state index contributed by atoms with van der Waals surface area (Å²) in [6.45, 7) is 3.61. The predicted octanol–water partition coefficient (Wildman–Crippen LogP) is 1.61. The molecule has 2 rings (SSSR count). The fourth-order valence-corrected chi connectivity index (χ4v) is 2.12. The van der Waals surface area contributed by atoms with Crippen molar-refractivity contribution in [3.8, 4) is 5.88 Å². The molecular formula is C13H20N2O2. The van der Waals surface area contributed by atoms with E-state index >= 15 is 0 Å². The van der Waals surface area contributed by atoms with Crippen molar-refractivity contribution >= 4 is 0 Å². The maximum atomic E-state index is 5.45. The monoisotopic (exact) mass is 236 g/mol. The van der Waals surface area contributed by atoms with Crippen molar-refractivity contribution in [2.24, 2.45) is 5.92 Å². The molecule has 0 saturated carbocycles. The molecule has 4 heteroatoms. The number of ether oxygens (including phenoxy) is 2. The van der Waals surface area contributed by atoms with Crippen LogP contribution in [0, 0.1) is 5.92 Å². The SMILES string of the molecule is COc1ncccc1CNCC1CCCOC1. The quantitative estimate of drug-likeness (QED) is 0.843. The van der Waals surface area contributed by atoms with Crippen LogP contribution in [0.4, 0.5) is 0 Å². The lowest BCUT2D eigenvalue weighted by molar-refractivity contribution is 0.0547. The van der Waals surface area contributed by atoms with E-state index in [1.165, 1.54) is 12.8 Å². The molecular weight excluding hydrogens is 216 g/mol. The molecule has 1 fully saturated rings. The first-order valence-corrected chi connectivity index (χ1v) is 6.16. The van der Waals surface area contributed by atoms with Crippen molar-refractivity contribution in [1.29, 1.82) is 0 Å². The van der Waals surface area contributed by atoms with E-state index in [-0.39, 0.29) is 0 Å². The Morgan fingerprint density at radius 1 is 1.59 bits per heavy atom. The van der Waals surface area contributed by atoms with E-state index in [1.807, 2.05) is 12.1 Å². The molecule has 1 saturated heterocycles. The zero-order valence-electron chi connectivity index (χ0n) is 10.3. The van der Waals surface area contributed by atoms with Crippen LogP contribution in [0.2, 0.25) is 0 Å². The first-order chi connectivity index (χ1) is 8.40. The minimum atomic E-state index is 0.645. The molecule has 0 radical (unpaired) electrons. The predicted molar refractivity (Wildman–Crippen MR) is 66.0 cm³/mol. The van der Waals surface area contributed by atoms with Gasteiger partial charge in [0.05, 0.1) is 13.7 Å². The number of nitrogens with zero attached hydrogens (tertiary/aromatic N) is 1. The molecule has 1 aliphatic heterocycles. The normalized spacial score (nSPS) is 20.2. The number of pyridine rings is 1. The van der Waals surface area contributed by atoms with Crippen molar-refractivity contribution in [2.45, 2.75) is 19.4 Å². The number of aromatic nitrogens is 1. The third-order valence-corrected chi connectivity index (χ3v) is 3.05. The number of rotatable bonds is 5. The number of hydrogen-bond acceptors (Lipinski definition) is 4. The van der Waals surface area contributed by atoms with Crippen LogP contribution in [0.15, 0.2) is 18.3 Å². The molecule has 1 aromatic heterocycles. The summed E-state index contributed by atoms with van der Waals surface area (Å²) in [5.74, 6) is 1.35. The highest BCUT2D eigenvalue weighted by Crippen LogP contribution is 2.15. The Bertz CT molecular complexity index is 338. The Morgan fingerprint density at radius 2 is 2.53 bits per heavy atom. The van der Waals surface area contributed by atoms with E-state index in [4.69, 9.17) is 9.47 Å². The Kier molecular flexibility index (Phi) is 4.76. The van der Waals surface area contributed by atoms with Crippen LogP contribution in [-0.2, 0) is 11.3 Å². The molecule has 17 heavy (non-hydrogen) atoms. The second-order valence-electron chi connectivity index (χ2n) is 4.39. The number of hydrogen-bond donors (Lipinski definition) is 1. The highest BCUT2D eigenvalue weighted by atomic mass is 16.5. The van der Waals surface area contributed by atoms with E-state index in [0.717, 1.165) is 31.9 Å². The van der Waals surface area contributed by atoms with E-state index in [2.05, 4.69) is 10.3 Å². The molecule has 0 bridgehead atoms. The maximum Gasteiger partial charge on any atom is 0.217 e. The van der Waals surface area contributed by atoms with Crippen LogP contribution in [0.1, 0.15) is 18.4 Å². The smallest absolute Gasteiger partial charge is 0.217 e. The average Bonchev–Trinajstić information content (AvgIpc) is 2.40. The molecule has 0 aromatic carbocycles. The standard InChI is InChI=1S/C13H20N2O2/c1-16-13-12(5-2-6-15-13)9-14-8-11-4-3-7-17-10-11/h2,5-6,11,14H,3-4,7-10H2,1H3. The summed E-state index contributed by atoms with van der Waals surface area (Å²) in [7, 11) is 1.65. The lowest BCUT2D eigenvalue weighted by Gasteiger charge is -2.22. The van der Waals surface area contributed by atoms with Crippen molar-refractivity contribution in [1.82, 2.24) is 10.3 Å². The minimum absolute atomic E-state index is 0.645. The Labute approximate surface area is 102 Å². The fourth-order valence-electron chi connectivity index (χ4n) is 2.12. The van der Waals surface area contributed by atoms with E-state index in [1.54, 1.807) is 13.3 Å². The van der Waals surface area contributed by atoms with Crippen molar-refractivity contribution in [3.05, 3.63) is 23.9 Å². The van der Waals surface area contributed by atoms with Crippen LogP contribution in [0.3, 0.4) is 0 Å². The van der Waals surface area contributed by atoms with Gasteiger partial charge in [-0.25, -0.2) is 4.98 Å². The molecule has 1 N–H and O–H groups in total. The Hall–Kier alpha value is -1.13. The maximum absolute atomic E-state index is 5.45. The molecule has 1 aromatic rings. The van der Waals surface area contributed by atoms with Gasteiger partial charge in [-0.3, -0.25) is 0 Å². The largest absolute Gasteiger partial charge is 0.481 e. The average molecular weight is 236 g/mol. The van der Waals surface area contributed by atoms with Gasteiger partial charge >= 0.3 is 0 Å². The molecule has 0 spiro atoms. The Balaban J connectivity index is 1.77. The van der Waals surface area contributed by atoms with Gasteiger partial charge in [0, 0.05) is 31.5 Å². The van der Waals surface area contributed by atoms with Crippen LogP contribution < -0.4 is 10.1 Å². The van der Waals surface area contributed by atoms with Crippen LogP contribution in [0.25, 0.3) is 0 Å². The molecule has 4 nitrogen and oxygen atoms in total. The molecule has 1 atom stereocenters. The van der Waals surface area contributed by atoms with Gasteiger partial charge in [-0.05, 0) is 24.8 Å². The highest BCUT2D eigenvalue weighted by Gasteiger charge is 2.13. The third kappa shape index (κ3) is 3.68. The molecule has 0 aliphatic carbocycles. The zero-order valence-corrected chi connectivity index (χ0v) is 10.3. The molecule has 2 heterocycles. The van der Waals surface area contributed by atoms with Crippen molar-refractivity contribution in [3.63, 3.8) is 0 Å². The summed E-state index contributed by atoms with van der Waals surface area (Å²) in [6, 6.07) is 3.97. The second-order valence-corrected chi connectivity index (χ2v) is 4.39. The third-order valence-electron chi connectivity index (χ3n) is 3.05. The van der Waals surface area contributed by atoms with Crippen LogP contribution in [0.5, 0.6) is 5.88 Å². The lowest BCUT2D eigenvalue weighted by Crippen LogP contribution is -2.29. The minimum Gasteiger partial charge on any atom is -0.481 e. The summed E-state index contributed by atoms with van der Waals surface area (Å²) in [5, 5.41) is 3.45. The summed E-state index contributed by atoms with van der Waals surface area (Å²) in [6.07, 6.45) is 4.19. The van der Waals surface area contributed by atoms with Gasteiger partial charge in [-0.1, -0.05) is 6.07 Å². The van der Waals surface area contributed by atoms with Crippen LogP contribution >= 0.6 is 0 Å². The lowest BCUT2D eigenvalue weighted by atomic mass is 10.0. The number of nitrogens with one attached hydrogen (secondary N) is 1. The van der Waals surface area contributed by atoms with Gasteiger partial charge in [0.15, 0.2) is 0 Å². The summed E-state index contributed by atoms with van der Waals surface area (Å²) in [5.41, 5.74) is 1.10. The highest BCUT2D eigenvalue weighted by molar-refractivity contribution is 5.24. The molecule has 0 amide bonds. The summed E-state index contributed by atoms with van der Waals surface area (Å²) < 4.78 is 10.7. The van der Waals surface area contributed by atoms with Gasteiger partial charge in [0.1, 0.15) is 0 Å². The number of methoxy groups -OCH3 is 1. The van der Waals surface area contributed by atoms with Gasteiger partial charge in [-0.2, -0.15) is 0 Å². The second kappa shape index (κ2) is 6.57. The molecule has 1 aliphatic rings. The Morgan fingerprint density at radius 3 is 3.29 bits per heavy atom. The summed E-state index contributed by atoms with van der Waals surface area (Å²) >= 11 is 0. The first kappa shape index (κ1) is 12.3. The van der Waals surface area contributed by atoms with Gasteiger partial charge in [-0.15, -0.1) is 0 Å². The first-order valence-electron chi connectivity index (χ1n) is 6.16. The van der Waals surface area contributed by atoms with Crippen LogP contribution in [-0.4, -0.2) is 31.9 Å². The zero-order chi connectivity index (χ0) is 11.9. The van der Waals surface area contributed by atoms with E-state index in [0.29, 0.717) is 11.8 Å². The topological polar surface area (TPSA) is 43.4 Å².